The molecule has 0 saturated heterocycles. The summed E-state index contributed by atoms with van der Waals surface area (Å²) in [7, 11) is -3.50. The molecule has 0 fully saturated rings. The van der Waals surface area contributed by atoms with Gasteiger partial charge >= 0.3 is 0 Å². The normalized spacial score (nSPS) is 12.3. The highest BCUT2D eigenvalue weighted by molar-refractivity contribution is 7.92. The molecule has 2 amide bonds. The molecular formula is C26H37N3O4S. The number of aryl methyl sites for hydroxylation is 2. The van der Waals surface area contributed by atoms with Gasteiger partial charge in [0.05, 0.1) is 11.9 Å². The molecule has 34 heavy (non-hydrogen) atoms. The minimum Gasteiger partial charge on any atom is -0.352 e. The molecule has 0 spiro atoms. The Labute approximate surface area is 204 Å². The second-order valence-electron chi connectivity index (χ2n) is 9.12. The first-order valence-corrected chi connectivity index (χ1v) is 13.4. The maximum Gasteiger partial charge on any atom is 0.242 e. The van der Waals surface area contributed by atoms with Crippen molar-refractivity contribution in [1.29, 1.82) is 0 Å². The van der Waals surface area contributed by atoms with E-state index in [0.717, 1.165) is 16.7 Å². The largest absolute Gasteiger partial charge is 0.352 e. The minimum atomic E-state index is -3.50. The third-order valence-electron chi connectivity index (χ3n) is 5.51. The molecule has 0 radical (unpaired) electrons. The quantitative estimate of drug-likeness (QED) is 0.522. The number of rotatable bonds is 11. The van der Waals surface area contributed by atoms with Crippen molar-refractivity contribution in [3.8, 4) is 0 Å². The Bertz CT molecular complexity index is 1080. The zero-order chi connectivity index (χ0) is 25.5. The smallest absolute Gasteiger partial charge is 0.242 e. The third kappa shape index (κ3) is 8.17. The Balaban J connectivity index is 2.16. The molecule has 0 bridgehead atoms. The van der Waals surface area contributed by atoms with Gasteiger partial charge in [-0.15, -0.1) is 0 Å². The fourth-order valence-electron chi connectivity index (χ4n) is 3.66. The maximum atomic E-state index is 13.2. The Hall–Kier alpha value is -2.87. The molecule has 0 aliphatic carbocycles. The molecular weight excluding hydrogens is 450 g/mol. The molecule has 0 aliphatic rings. The second kappa shape index (κ2) is 12.0. The van der Waals surface area contributed by atoms with Crippen LogP contribution >= 0.6 is 0 Å². The lowest BCUT2D eigenvalue weighted by molar-refractivity contribution is -0.140. The topological polar surface area (TPSA) is 86.8 Å². The summed E-state index contributed by atoms with van der Waals surface area (Å²) in [5.74, 6) is -0.405. The Morgan fingerprint density at radius 1 is 0.971 bits per heavy atom. The number of hydrogen-bond acceptors (Lipinski definition) is 4. The summed E-state index contributed by atoms with van der Waals surface area (Å²) in [4.78, 5) is 27.5. The number of nitrogens with zero attached hydrogens (tertiary/aromatic N) is 2. The maximum absolute atomic E-state index is 13.2. The van der Waals surface area contributed by atoms with E-state index >= 15 is 0 Å². The molecule has 0 aliphatic heterocycles. The SMILES string of the molecule is Cc1ccc(CN(C(=O)CCCN(c2cccc(C)c2)S(C)(=O)=O)[C@H](C)C(=O)NC(C)C)cc1. The third-order valence-corrected chi connectivity index (χ3v) is 6.71. The summed E-state index contributed by atoms with van der Waals surface area (Å²) < 4.78 is 26.1. The van der Waals surface area contributed by atoms with E-state index in [1.54, 1.807) is 17.9 Å². The summed E-state index contributed by atoms with van der Waals surface area (Å²) in [6.07, 6.45) is 1.63. The lowest BCUT2D eigenvalue weighted by atomic mass is 10.1. The number of anilines is 1. The summed E-state index contributed by atoms with van der Waals surface area (Å²) in [6, 6.07) is 14.4. The Morgan fingerprint density at radius 2 is 1.62 bits per heavy atom. The lowest BCUT2D eigenvalue weighted by Gasteiger charge is -2.30. The van der Waals surface area contributed by atoms with Crippen LogP contribution in [-0.2, 0) is 26.2 Å². The highest BCUT2D eigenvalue weighted by atomic mass is 32.2. The van der Waals surface area contributed by atoms with E-state index in [2.05, 4.69) is 5.32 Å². The van der Waals surface area contributed by atoms with Crippen molar-refractivity contribution in [2.45, 2.75) is 66.1 Å². The summed E-state index contributed by atoms with van der Waals surface area (Å²) in [5.41, 5.74) is 3.58. The molecule has 2 aromatic rings. The van der Waals surface area contributed by atoms with Gasteiger partial charge in [0.15, 0.2) is 0 Å². The number of amides is 2. The molecule has 2 aromatic carbocycles. The first-order valence-electron chi connectivity index (χ1n) is 11.6. The van der Waals surface area contributed by atoms with Gasteiger partial charge in [-0.3, -0.25) is 13.9 Å². The van der Waals surface area contributed by atoms with Gasteiger partial charge in [0.2, 0.25) is 21.8 Å². The monoisotopic (exact) mass is 487 g/mol. The van der Waals surface area contributed by atoms with Crippen LogP contribution in [-0.4, -0.2) is 50.0 Å². The van der Waals surface area contributed by atoms with Crippen molar-refractivity contribution in [3.05, 3.63) is 65.2 Å². The Morgan fingerprint density at radius 3 is 2.18 bits per heavy atom. The Kier molecular flexibility index (Phi) is 9.67. The van der Waals surface area contributed by atoms with E-state index in [1.807, 2.05) is 70.2 Å². The fourth-order valence-corrected chi connectivity index (χ4v) is 4.62. The summed E-state index contributed by atoms with van der Waals surface area (Å²) >= 11 is 0. The van der Waals surface area contributed by atoms with E-state index in [9.17, 15) is 18.0 Å². The van der Waals surface area contributed by atoms with Gasteiger partial charge in [0.25, 0.3) is 0 Å². The molecule has 0 saturated carbocycles. The standard InChI is InChI=1S/C26H37N3O4S/c1-19(2)27-26(31)22(5)28(18-23-14-12-20(3)13-15-23)25(30)11-8-16-29(34(6,32)33)24-10-7-9-21(4)17-24/h7,9-10,12-15,17,19,22H,8,11,16,18H2,1-6H3,(H,27,31)/t22-/m1/s1. The number of hydrogen-bond donors (Lipinski definition) is 1. The molecule has 2 rings (SSSR count). The minimum absolute atomic E-state index is 0.0380. The molecule has 0 unspecified atom stereocenters. The number of benzene rings is 2. The van der Waals surface area contributed by atoms with Crippen molar-refractivity contribution in [2.24, 2.45) is 0 Å². The fraction of sp³-hybridized carbons (Fsp3) is 0.462. The van der Waals surface area contributed by atoms with Crippen LogP contribution in [0.1, 0.15) is 50.3 Å². The van der Waals surface area contributed by atoms with E-state index in [4.69, 9.17) is 0 Å². The molecule has 0 aromatic heterocycles. The van der Waals surface area contributed by atoms with Crippen molar-refractivity contribution < 1.29 is 18.0 Å². The first kappa shape index (κ1) is 27.4. The average molecular weight is 488 g/mol. The van der Waals surface area contributed by atoms with E-state index in [0.29, 0.717) is 18.7 Å². The molecule has 0 heterocycles. The van der Waals surface area contributed by atoms with Gasteiger partial charge in [-0.25, -0.2) is 8.42 Å². The van der Waals surface area contributed by atoms with Crippen molar-refractivity contribution in [3.63, 3.8) is 0 Å². The van der Waals surface area contributed by atoms with E-state index < -0.39 is 16.1 Å². The van der Waals surface area contributed by atoms with Crippen LogP contribution in [0.3, 0.4) is 0 Å². The van der Waals surface area contributed by atoms with Crippen LogP contribution in [0, 0.1) is 13.8 Å². The van der Waals surface area contributed by atoms with Crippen LogP contribution in [0.5, 0.6) is 0 Å². The predicted molar refractivity (Wildman–Crippen MR) is 137 cm³/mol. The molecule has 186 valence electrons. The number of carbonyl (C=O) groups is 2. The zero-order valence-electron chi connectivity index (χ0n) is 21.0. The van der Waals surface area contributed by atoms with Gasteiger partial charge < -0.3 is 10.2 Å². The first-order chi connectivity index (χ1) is 15.9. The number of carbonyl (C=O) groups excluding carboxylic acids is 2. The highest BCUT2D eigenvalue weighted by Crippen LogP contribution is 2.20. The van der Waals surface area contributed by atoms with Gasteiger partial charge in [0.1, 0.15) is 6.04 Å². The number of nitrogens with one attached hydrogen (secondary N) is 1. The number of sulfonamides is 1. The van der Waals surface area contributed by atoms with Crippen LogP contribution in [0.15, 0.2) is 48.5 Å². The van der Waals surface area contributed by atoms with Gasteiger partial charge in [-0.2, -0.15) is 0 Å². The molecule has 7 nitrogen and oxygen atoms in total. The van der Waals surface area contributed by atoms with E-state index in [1.165, 1.54) is 10.6 Å². The van der Waals surface area contributed by atoms with Gasteiger partial charge in [-0.1, -0.05) is 42.0 Å². The van der Waals surface area contributed by atoms with Gasteiger partial charge in [-0.05, 0) is 64.3 Å². The zero-order valence-corrected chi connectivity index (χ0v) is 21.9. The second-order valence-corrected chi connectivity index (χ2v) is 11.0. The molecule has 1 atom stereocenters. The van der Waals surface area contributed by atoms with E-state index in [-0.39, 0.29) is 30.8 Å². The highest BCUT2D eigenvalue weighted by Gasteiger charge is 2.27. The molecule has 1 N–H and O–H groups in total. The van der Waals surface area contributed by atoms with Gasteiger partial charge in [0, 0.05) is 25.6 Å². The van der Waals surface area contributed by atoms with Crippen LogP contribution in [0.25, 0.3) is 0 Å². The summed E-state index contributed by atoms with van der Waals surface area (Å²) in [5, 5.41) is 2.87. The van der Waals surface area contributed by atoms with Crippen LogP contribution in [0.2, 0.25) is 0 Å². The average Bonchev–Trinajstić information content (AvgIpc) is 2.74. The van der Waals surface area contributed by atoms with Crippen LogP contribution < -0.4 is 9.62 Å². The van der Waals surface area contributed by atoms with Crippen molar-refractivity contribution in [2.75, 3.05) is 17.1 Å². The summed E-state index contributed by atoms with van der Waals surface area (Å²) in [6.45, 7) is 9.86. The molecule has 8 heteroatoms. The van der Waals surface area contributed by atoms with Crippen molar-refractivity contribution >= 4 is 27.5 Å². The predicted octanol–water partition coefficient (Wildman–Crippen LogP) is 3.79. The van der Waals surface area contributed by atoms with Crippen molar-refractivity contribution in [1.82, 2.24) is 10.2 Å². The van der Waals surface area contributed by atoms with Crippen LogP contribution in [0.4, 0.5) is 5.69 Å². The lowest BCUT2D eigenvalue weighted by Crippen LogP contribution is -2.49.